The Bertz CT molecular complexity index is 891. The molecule has 0 amide bonds. The highest BCUT2D eigenvalue weighted by Crippen LogP contribution is 2.26. The van der Waals surface area contributed by atoms with Crippen LogP contribution < -0.4 is 5.32 Å². The normalized spacial score (nSPS) is 12.3. The molecule has 7 nitrogen and oxygen atoms in total. The first-order chi connectivity index (χ1) is 12.5. The standard InChI is InChI=1S/C19H18N2O5/c1-20-16-8-7-15(10-17(16)21(24)25)19(23)26-11-18(22)14-6-5-12-3-2-4-13(12)9-14/h5-10,20H,2-4,11H2,1H3. The van der Waals surface area contributed by atoms with Gasteiger partial charge in [-0.15, -0.1) is 0 Å². The highest BCUT2D eigenvalue weighted by molar-refractivity contribution is 5.99. The molecule has 1 aliphatic rings. The Morgan fingerprint density at radius 1 is 1.12 bits per heavy atom. The molecule has 0 spiro atoms. The predicted molar refractivity (Wildman–Crippen MR) is 95.7 cm³/mol. The number of esters is 1. The van der Waals surface area contributed by atoms with Crippen LogP contribution in [0.1, 0.15) is 38.3 Å². The second-order valence-corrected chi connectivity index (χ2v) is 6.08. The molecule has 0 saturated carbocycles. The minimum Gasteiger partial charge on any atom is -0.454 e. The number of carbonyl (C=O) groups is 2. The van der Waals surface area contributed by atoms with Crippen LogP contribution in [-0.2, 0) is 17.6 Å². The zero-order valence-corrected chi connectivity index (χ0v) is 14.3. The van der Waals surface area contributed by atoms with E-state index in [1.165, 1.54) is 23.3 Å². The Balaban J connectivity index is 1.68. The second kappa shape index (κ2) is 7.35. The Hall–Kier alpha value is -3.22. The fourth-order valence-electron chi connectivity index (χ4n) is 3.06. The fourth-order valence-corrected chi connectivity index (χ4v) is 3.06. The van der Waals surface area contributed by atoms with Gasteiger partial charge in [0.05, 0.1) is 10.5 Å². The van der Waals surface area contributed by atoms with Gasteiger partial charge in [0.1, 0.15) is 5.69 Å². The van der Waals surface area contributed by atoms with Crippen LogP contribution in [0, 0.1) is 10.1 Å². The Labute approximate surface area is 150 Å². The highest BCUT2D eigenvalue weighted by atomic mass is 16.6. The number of Topliss-reactive ketones (excluding diaryl/α,β-unsaturated/α-hetero) is 1. The van der Waals surface area contributed by atoms with Crippen LogP contribution in [0.4, 0.5) is 11.4 Å². The van der Waals surface area contributed by atoms with Crippen molar-refractivity contribution in [1.29, 1.82) is 0 Å². The van der Waals surface area contributed by atoms with E-state index in [1.807, 2.05) is 12.1 Å². The maximum atomic E-state index is 12.3. The van der Waals surface area contributed by atoms with Crippen LogP contribution in [0.5, 0.6) is 0 Å². The number of fused-ring (bicyclic) bond motifs is 1. The van der Waals surface area contributed by atoms with Crippen LogP contribution >= 0.6 is 0 Å². The van der Waals surface area contributed by atoms with Crippen molar-refractivity contribution in [3.63, 3.8) is 0 Å². The van der Waals surface area contributed by atoms with Gasteiger partial charge in [0, 0.05) is 18.7 Å². The molecule has 0 aliphatic heterocycles. The Kier molecular flexibility index (Phi) is 4.97. The number of ether oxygens (including phenoxy) is 1. The van der Waals surface area contributed by atoms with E-state index < -0.39 is 17.5 Å². The minimum atomic E-state index is -0.773. The third-order valence-electron chi connectivity index (χ3n) is 4.45. The molecular formula is C19H18N2O5. The van der Waals surface area contributed by atoms with Crippen molar-refractivity contribution >= 4 is 23.1 Å². The summed E-state index contributed by atoms with van der Waals surface area (Å²) in [6.07, 6.45) is 3.07. The summed E-state index contributed by atoms with van der Waals surface area (Å²) in [5.74, 6) is -1.07. The van der Waals surface area contributed by atoms with Gasteiger partial charge in [0.2, 0.25) is 0 Å². The summed E-state index contributed by atoms with van der Waals surface area (Å²) in [6, 6.07) is 9.52. The van der Waals surface area contributed by atoms with Crippen molar-refractivity contribution in [3.05, 3.63) is 68.8 Å². The lowest BCUT2D eigenvalue weighted by Gasteiger charge is -2.07. The van der Waals surface area contributed by atoms with Crippen LogP contribution in [-0.4, -0.2) is 30.3 Å². The summed E-state index contributed by atoms with van der Waals surface area (Å²) >= 11 is 0. The third-order valence-corrected chi connectivity index (χ3v) is 4.45. The first-order valence-corrected chi connectivity index (χ1v) is 8.28. The molecule has 0 fully saturated rings. The van der Waals surface area contributed by atoms with Gasteiger partial charge in [-0.05, 0) is 48.6 Å². The van der Waals surface area contributed by atoms with Crippen molar-refractivity contribution in [1.82, 2.24) is 0 Å². The molecule has 134 valence electrons. The summed E-state index contributed by atoms with van der Waals surface area (Å²) in [6.45, 7) is -0.404. The number of anilines is 1. The maximum absolute atomic E-state index is 12.3. The number of hydrogen-bond donors (Lipinski definition) is 1. The third kappa shape index (κ3) is 3.56. The van der Waals surface area contributed by atoms with Gasteiger partial charge in [0.15, 0.2) is 12.4 Å². The van der Waals surface area contributed by atoms with E-state index in [0.717, 1.165) is 25.3 Å². The van der Waals surface area contributed by atoms with Crippen LogP contribution in [0.2, 0.25) is 0 Å². The van der Waals surface area contributed by atoms with Gasteiger partial charge in [-0.2, -0.15) is 0 Å². The molecule has 2 aromatic carbocycles. The van der Waals surface area contributed by atoms with Crippen LogP contribution in [0.3, 0.4) is 0 Å². The number of aryl methyl sites for hydroxylation is 2. The summed E-state index contributed by atoms with van der Waals surface area (Å²) in [4.78, 5) is 34.9. The molecule has 0 unspecified atom stereocenters. The molecular weight excluding hydrogens is 336 g/mol. The van der Waals surface area contributed by atoms with Crippen molar-refractivity contribution in [2.24, 2.45) is 0 Å². The Morgan fingerprint density at radius 2 is 1.85 bits per heavy atom. The Morgan fingerprint density at radius 3 is 2.58 bits per heavy atom. The summed E-state index contributed by atoms with van der Waals surface area (Å²) < 4.78 is 5.04. The zero-order chi connectivity index (χ0) is 18.7. The van der Waals surface area contributed by atoms with Gasteiger partial charge >= 0.3 is 5.97 Å². The number of nitro groups is 1. The molecule has 0 saturated heterocycles. The largest absolute Gasteiger partial charge is 0.454 e. The molecule has 0 aromatic heterocycles. The molecule has 0 heterocycles. The molecule has 7 heteroatoms. The number of rotatable bonds is 6. The van der Waals surface area contributed by atoms with Gasteiger partial charge in [-0.25, -0.2) is 4.79 Å². The highest BCUT2D eigenvalue weighted by Gasteiger charge is 2.19. The molecule has 3 rings (SSSR count). The quantitative estimate of drug-likeness (QED) is 0.370. The zero-order valence-electron chi connectivity index (χ0n) is 14.3. The SMILES string of the molecule is CNc1ccc(C(=O)OCC(=O)c2ccc3c(c2)CCC3)cc1[N+](=O)[O-]. The predicted octanol–water partition coefficient (Wildman–Crippen LogP) is 3.16. The minimum absolute atomic E-state index is 0.0254. The average molecular weight is 354 g/mol. The first-order valence-electron chi connectivity index (χ1n) is 8.28. The second-order valence-electron chi connectivity index (χ2n) is 6.08. The van der Waals surface area contributed by atoms with Gasteiger partial charge < -0.3 is 10.1 Å². The lowest BCUT2D eigenvalue weighted by Crippen LogP contribution is -2.15. The molecule has 1 N–H and O–H groups in total. The van der Waals surface area contributed by atoms with E-state index in [0.29, 0.717) is 11.3 Å². The van der Waals surface area contributed by atoms with E-state index in [9.17, 15) is 19.7 Å². The number of nitrogens with zero attached hydrogens (tertiary/aromatic N) is 1. The molecule has 26 heavy (non-hydrogen) atoms. The number of carbonyl (C=O) groups excluding carboxylic acids is 2. The number of nitro benzene ring substituents is 1. The lowest BCUT2D eigenvalue weighted by atomic mass is 10.0. The van der Waals surface area contributed by atoms with Crippen molar-refractivity contribution in [2.45, 2.75) is 19.3 Å². The molecule has 0 bridgehead atoms. The van der Waals surface area contributed by atoms with Gasteiger partial charge in [-0.3, -0.25) is 14.9 Å². The van der Waals surface area contributed by atoms with E-state index in [1.54, 1.807) is 13.1 Å². The van der Waals surface area contributed by atoms with Gasteiger partial charge in [-0.1, -0.05) is 12.1 Å². The smallest absolute Gasteiger partial charge is 0.338 e. The van der Waals surface area contributed by atoms with Crippen molar-refractivity contribution in [3.8, 4) is 0 Å². The van der Waals surface area contributed by atoms with E-state index in [-0.39, 0.29) is 17.0 Å². The molecule has 0 radical (unpaired) electrons. The van der Waals surface area contributed by atoms with E-state index in [2.05, 4.69) is 5.32 Å². The number of ketones is 1. The van der Waals surface area contributed by atoms with Crippen LogP contribution in [0.25, 0.3) is 0 Å². The molecule has 0 atom stereocenters. The monoisotopic (exact) mass is 354 g/mol. The number of nitrogens with one attached hydrogen (secondary N) is 1. The van der Waals surface area contributed by atoms with Crippen molar-refractivity contribution < 1.29 is 19.2 Å². The summed E-state index contributed by atoms with van der Waals surface area (Å²) in [7, 11) is 1.55. The van der Waals surface area contributed by atoms with E-state index >= 15 is 0 Å². The van der Waals surface area contributed by atoms with Gasteiger partial charge in [0.25, 0.3) is 5.69 Å². The van der Waals surface area contributed by atoms with Crippen LogP contribution in [0.15, 0.2) is 36.4 Å². The lowest BCUT2D eigenvalue weighted by molar-refractivity contribution is -0.384. The first kappa shape index (κ1) is 17.6. The summed E-state index contributed by atoms with van der Waals surface area (Å²) in [5, 5.41) is 13.7. The topological polar surface area (TPSA) is 98.5 Å². The molecule has 2 aromatic rings. The van der Waals surface area contributed by atoms with E-state index in [4.69, 9.17) is 4.74 Å². The summed E-state index contributed by atoms with van der Waals surface area (Å²) in [5.41, 5.74) is 3.02. The number of benzene rings is 2. The van der Waals surface area contributed by atoms with Crippen molar-refractivity contribution in [2.75, 3.05) is 19.0 Å². The average Bonchev–Trinajstić information content (AvgIpc) is 3.12. The fraction of sp³-hybridized carbons (Fsp3) is 0.263. The maximum Gasteiger partial charge on any atom is 0.338 e. The molecule has 1 aliphatic carbocycles. The number of hydrogen-bond acceptors (Lipinski definition) is 6.